The van der Waals surface area contributed by atoms with Gasteiger partial charge in [0.15, 0.2) is 16.6 Å². The van der Waals surface area contributed by atoms with Gasteiger partial charge in [-0.3, -0.25) is 4.79 Å². The number of carbonyl (C=O) groups is 1. The highest BCUT2D eigenvalue weighted by Crippen LogP contribution is 2.37. The number of rotatable bonds is 8. The summed E-state index contributed by atoms with van der Waals surface area (Å²) in [6.45, 7) is 24.1. The van der Waals surface area contributed by atoms with Gasteiger partial charge in [0.25, 0.3) is 0 Å². The Kier molecular flexibility index (Phi) is 8.71. The monoisotopic (exact) mass is 395 g/mol. The molecule has 0 aliphatic heterocycles. The van der Waals surface area contributed by atoms with E-state index in [0.29, 0.717) is 26.3 Å². The molecule has 0 saturated carbocycles. The number of halogens is 1. The van der Waals surface area contributed by atoms with Crippen LogP contribution in [0.4, 0.5) is 4.79 Å². The lowest BCUT2D eigenvalue weighted by molar-refractivity contribution is 0.177. The Morgan fingerprint density at radius 1 is 0.833 bits per heavy atom. The zero-order chi connectivity index (χ0) is 19.4. The summed E-state index contributed by atoms with van der Waals surface area (Å²) in [4.78, 5) is 13.3. The average molecular weight is 396 g/mol. The van der Waals surface area contributed by atoms with E-state index in [0.717, 1.165) is 0 Å². The molecule has 0 spiro atoms. The zero-order valence-electron chi connectivity index (χ0n) is 17.4. The number of carbonyl (C=O) groups excluding carboxylic acids is 1. The van der Waals surface area contributed by atoms with Crippen LogP contribution in [0.2, 0.25) is 36.3 Å². The number of amides is 1. The molecule has 4 nitrogen and oxygen atoms in total. The molecule has 0 unspecified atom stereocenters. The Morgan fingerprint density at radius 2 is 1.12 bits per heavy atom. The predicted molar refractivity (Wildman–Crippen MR) is 109 cm³/mol. The summed E-state index contributed by atoms with van der Waals surface area (Å²) in [5.41, 5.74) is 0. The Morgan fingerprint density at radius 3 is 1.33 bits per heavy atom. The summed E-state index contributed by atoms with van der Waals surface area (Å²) in [5, 5.41) is -0.115. The maximum atomic E-state index is 11.7. The van der Waals surface area contributed by atoms with Crippen LogP contribution in [0, 0.1) is 0 Å². The van der Waals surface area contributed by atoms with Crippen LogP contribution in [0.5, 0.6) is 0 Å². The first-order valence-corrected chi connectivity index (χ1v) is 14.9. The van der Waals surface area contributed by atoms with Crippen LogP contribution < -0.4 is 0 Å². The van der Waals surface area contributed by atoms with Crippen molar-refractivity contribution in [2.24, 2.45) is 0 Å². The molecular formula is C17H38ClNO3Si2. The smallest absolute Gasteiger partial charge is 0.316 e. The Hall–Kier alpha value is 0.114. The lowest BCUT2D eigenvalue weighted by Gasteiger charge is -2.37. The third-order valence-electron chi connectivity index (χ3n) is 5.51. The highest BCUT2D eigenvalue weighted by Gasteiger charge is 2.38. The van der Waals surface area contributed by atoms with Gasteiger partial charge in [0.05, 0.1) is 13.2 Å². The first kappa shape index (κ1) is 24.1. The van der Waals surface area contributed by atoms with Gasteiger partial charge in [-0.05, 0) is 47.9 Å². The highest BCUT2D eigenvalue weighted by atomic mass is 35.5. The van der Waals surface area contributed by atoms with Crippen LogP contribution in [-0.2, 0) is 8.85 Å². The van der Waals surface area contributed by atoms with Crippen molar-refractivity contribution < 1.29 is 13.6 Å². The first-order valence-electron chi connectivity index (χ1n) is 8.73. The lowest BCUT2D eigenvalue weighted by Crippen LogP contribution is -2.45. The fraction of sp³-hybridized carbons (Fsp3) is 0.941. The largest absolute Gasteiger partial charge is 0.415 e. The van der Waals surface area contributed by atoms with Gasteiger partial charge in [-0.2, -0.15) is 0 Å². The minimum absolute atomic E-state index is 0.161. The van der Waals surface area contributed by atoms with E-state index in [-0.39, 0.29) is 10.1 Å². The molecule has 0 aromatic carbocycles. The summed E-state index contributed by atoms with van der Waals surface area (Å²) in [5.74, 6) is 0. The molecule has 0 aliphatic rings. The van der Waals surface area contributed by atoms with Crippen LogP contribution in [0.15, 0.2) is 0 Å². The van der Waals surface area contributed by atoms with E-state index in [2.05, 4.69) is 67.7 Å². The average Bonchev–Trinajstić information content (AvgIpc) is 2.33. The zero-order valence-corrected chi connectivity index (χ0v) is 20.1. The summed E-state index contributed by atoms with van der Waals surface area (Å²) >= 11 is 5.72. The van der Waals surface area contributed by atoms with Crippen molar-refractivity contribution in [3.05, 3.63) is 0 Å². The maximum absolute atomic E-state index is 11.7. The van der Waals surface area contributed by atoms with E-state index >= 15 is 0 Å². The van der Waals surface area contributed by atoms with Gasteiger partial charge in [0, 0.05) is 13.1 Å². The van der Waals surface area contributed by atoms with Crippen LogP contribution in [0.3, 0.4) is 0 Å². The van der Waals surface area contributed by atoms with Crippen molar-refractivity contribution in [2.45, 2.75) is 77.8 Å². The summed E-state index contributed by atoms with van der Waals surface area (Å²) < 4.78 is 12.3. The molecular weight excluding hydrogens is 358 g/mol. The molecule has 0 saturated heterocycles. The second-order valence-corrected chi connectivity index (χ2v) is 19.4. The summed E-state index contributed by atoms with van der Waals surface area (Å²) in [6.07, 6.45) is 0. The second-order valence-electron chi connectivity index (χ2n) is 9.46. The fourth-order valence-electron chi connectivity index (χ4n) is 1.54. The van der Waals surface area contributed by atoms with Crippen molar-refractivity contribution >= 4 is 33.6 Å². The normalized spacial score (nSPS) is 14.0. The molecule has 0 fully saturated rings. The minimum Gasteiger partial charge on any atom is -0.415 e. The molecule has 144 valence electrons. The molecule has 7 heteroatoms. The van der Waals surface area contributed by atoms with Crippen molar-refractivity contribution in [3.63, 3.8) is 0 Å². The van der Waals surface area contributed by atoms with Gasteiger partial charge in [0.2, 0.25) is 0 Å². The Bertz CT molecular complexity index is 383. The quantitative estimate of drug-likeness (QED) is 0.301. The van der Waals surface area contributed by atoms with E-state index in [9.17, 15) is 4.79 Å². The molecule has 0 N–H and O–H groups in total. The third kappa shape index (κ3) is 7.56. The van der Waals surface area contributed by atoms with Crippen LogP contribution in [0.1, 0.15) is 41.5 Å². The van der Waals surface area contributed by atoms with Gasteiger partial charge >= 0.3 is 5.37 Å². The molecule has 0 aromatic heterocycles. The van der Waals surface area contributed by atoms with Gasteiger partial charge < -0.3 is 13.8 Å². The fourth-order valence-corrected chi connectivity index (χ4v) is 3.78. The molecule has 0 aliphatic carbocycles. The predicted octanol–water partition coefficient (Wildman–Crippen LogP) is 5.69. The van der Waals surface area contributed by atoms with Crippen molar-refractivity contribution in [3.8, 4) is 0 Å². The second kappa shape index (κ2) is 8.67. The molecule has 0 bridgehead atoms. The summed E-state index contributed by atoms with van der Waals surface area (Å²) in [6, 6.07) is 0. The molecule has 24 heavy (non-hydrogen) atoms. The van der Waals surface area contributed by atoms with Crippen molar-refractivity contribution in [1.29, 1.82) is 0 Å². The van der Waals surface area contributed by atoms with Crippen LogP contribution in [0.25, 0.3) is 0 Å². The van der Waals surface area contributed by atoms with E-state index in [1.165, 1.54) is 0 Å². The SMILES string of the molecule is CC(C)(C)[Si](C)(C)OCCN(CCO[Si](C)(C)C(C)(C)C)C(=O)Cl. The van der Waals surface area contributed by atoms with Gasteiger partial charge in [-0.25, -0.2) is 0 Å². The van der Waals surface area contributed by atoms with E-state index < -0.39 is 22.0 Å². The third-order valence-corrected chi connectivity index (χ3v) is 14.8. The van der Waals surface area contributed by atoms with Gasteiger partial charge in [-0.15, -0.1) is 0 Å². The van der Waals surface area contributed by atoms with E-state index in [1.54, 1.807) is 4.90 Å². The highest BCUT2D eigenvalue weighted by molar-refractivity contribution is 6.74. The molecule has 0 atom stereocenters. The van der Waals surface area contributed by atoms with Crippen molar-refractivity contribution in [1.82, 2.24) is 4.90 Å². The van der Waals surface area contributed by atoms with E-state index in [4.69, 9.17) is 20.5 Å². The first-order chi connectivity index (χ1) is 10.5. The number of nitrogens with zero attached hydrogens (tertiary/aromatic N) is 1. The summed E-state index contributed by atoms with van der Waals surface area (Å²) in [7, 11) is -3.60. The minimum atomic E-state index is -1.80. The van der Waals surface area contributed by atoms with Gasteiger partial charge in [0.1, 0.15) is 0 Å². The standard InChI is InChI=1S/C17H38ClNO3Si2/c1-16(2,3)23(7,8)21-13-11-19(15(18)20)12-14-22-24(9,10)17(4,5)6/h11-14H2,1-10H3. The maximum Gasteiger partial charge on any atom is 0.316 e. The molecule has 1 amide bonds. The topological polar surface area (TPSA) is 38.8 Å². The number of hydrogen-bond donors (Lipinski definition) is 0. The molecule has 0 aromatic rings. The van der Waals surface area contributed by atoms with Gasteiger partial charge in [-0.1, -0.05) is 41.5 Å². The van der Waals surface area contributed by atoms with Crippen LogP contribution >= 0.6 is 11.6 Å². The number of hydrogen-bond acceptors (Lipinski definition) is 3. The Balaban J connectivity index is 4.47. The lowest BCUT2D eigenvalue weighted by atomic mass is 10.2. The molecule has 0 radical (unpaired) electrons. The van der Waals surface area contributed by atoms with Crippen molar-refractivity contribution in [2.75, 3.05) is 26.3 Å². The molecule has 0 heterocycles. The molecule has 0 rings (SSSR count). The van der Waals surface area contributed by atoms with Crippen LogP contribution in [-0.4, -0.2) is 53.2 Å². The van der Waals surface area contributed by atoms with E-state index in [1.807, 2.05) is 0 Å². The Labute approximate surface area is 156 Å².